The lowest BCUT2D eigenvalue weighted by atomic mass is 9.95. The molecule has 1 N–H and O–H groups in total. The molecule has 0 amide bonds. The number of hydrogen-bond donors (Lipinski definition) is 1. The first-order valence-corrected chi connectivity index (χ1v) is 9.08. The Hall–Kier alpha value is -2.44. The Morgan fingerprint density at radius 3 is 2.81 bits per heavy atom. The summed E-state index contributed by atoms with van der Waals surface area (Å²) in [5.74, 6) is 2.24. The zero-order valence-corrected chi connectivity index (χ0v) is 15.0. The first-order valence-electron chi connectivity index (χ1n) is 9.08. The molecule has 136 valence electrons. The molecule has 1 aromatic carbocycles. The minimum atomic E-state index is -0.504. The third-order valence-corrected chi connectivity index (χ3v) is 5.20. The van der Waals surface area contributed by atoms with Crippen molar-refractivity contribution in [3.05, 3.63) is 60.0 Å². The molecule has 4 rings (SSSR count). The van der Waals surface area contributed by atoms with E-state index in [0.717, 1.165) is 48.7 Å². The van der Waals surface area contributed by atoms with Crippen LogP contribution in [0.3, 0.4) is 0 Å². The Morgan fingerprint density at radius 1 is 1.15 bits per heavy atom. The van der Waals surface area contributed by atoms with Crippen LogP contribution in [0.1, 0.15) is 36.3 Å². The van der Waals surface area contributed by atoms with Crippen molar-refractivity contribution in [3.63, 3.8) is 0 Å². The molecule has 1 fully saturated rings. The number of methoxy groups -OCH3 is 1. The molecule has 1 unspecified atom stereocenters. The minimum Gasteiger partial charge on any atom is -0.497 e. The third kappa shape index (κ3) is 3.43. The second-order valence-corrected chi connectivity index (χ2v) is 6.85. The van der Waals surface area contributed by atoms with Gasteiger partial charge in [0.05, 0.1) is 13.2 Å². The van der Waals surface area contributed by atoms with Crippen LogP contribution >= 0.6 is 0 Å². The number of benzene rings is 1. The molecular weight excluding hydrogens is 328 g/mol. The third-order valence-electron chi connectivity index (χ3n) is 5.20. The number of rotatable bonds is 5. The van der Waals surface area contributed by atoms with Gasteiger partial charge in [0.15, 0.2) is 5.65 Å². The highest BCUT2D eigenvalue weighted by atomic mass is 16.5. The van der Waals surface area contributed by atoms with Crippen molar-refractivity contribution in [2.24, 2.45) is 0 Å². The van der Waals surface area contributed by atoms with E-state index >= 15 is 0 Å². The van der Waals surface area contributed by atoms with Crippen molar-refractivity contribution in [2.75, 3.05) is 26.7 Å². The number of pyridine rings is 1. The summed E-state index contributed by atoms with van der Waals surface area (Å²) >= 11 is 0. The number of aliphatic hydroxyl groups is 1. The molecule has 1 aliphatic heterocycles. The summed E-state index contributed by atoms with van der Waals surface area (Å²) in [5.41, 5.74) is 1.80. The summed E-state index contributed by atoms with van der Waals surface area (Å²) < 4.78 is 7.33. The van der Waals surface area contributed by atoms with Crippen LogP contribution in [-0.2, 0) is 0 Å². The van der Waals surface area contributed by atoms with E-state index in [1.165, 1.54) is 0 Å². The van der Waals surface area contributed by atoms with Gasteiger partial charge in [-0.25, -0.2) is 0 Å². The van der Waals surface area contributed by atoms with Crippen molar-refractivity contribution in [1.29, 1.82) is 0 Å². The van der Waals surface area contributed by atoms with Crippen LogP contribution in [0, 0.1) is 0 Å². The van der Waals surface area contributed by atoms with E-state index in [1.807, 2.05) is 48.7 Å². The average molecular weight is 352 g/mol. The number of likely N-dealkylation sites (tertiary alicyclic amines) is 1. The van der Waals surface area contributed by atoms with Gasteiger partial charge in [0.25, 0.3) is 0 Å². The smallest absolute Gasteiger partial charge is 0.160 e. The number of fused-ring (bicyclic) bond motifs is 1. The predicted octanol–water partition coefficient (Wildman–Crippen LogP) is 2.65. The number of nitrogens with zero attached hydrogens (tertiary/aromatic N) is 4. The molecule has 1 aliphatic rings. The Morgan fingerprint density at radius 2 is 2.00 bits per heavy atom. The lowest BCUT2D eigenvalue weighted by Crippen LogP contribution is -2.36. The van der Waals surface area contributed by atoms with Crippen LogP contribution in [0.2, 0.25) is 0 Å². The Kier molecular flexibility index (Phi) is 4.86. The summed E-state index contributed by atoms with van der Waals surface area (Å²) in [5, 5.41) is 19.2. The zero-order chi connectivity index (χ0) is 17.9. The molecule has 26 heavy (non-hydrogen) atoms. The van der Waals surface area contributed by atoms with Gasteiger partial charge in [-0.3, -0.25) is 4.40 Å². The van der Waals surface area contributed by atoms with Gasteiger partial charge in [0.1, 0.15) is 11.6 Å². The largest absolute Gasteiger partial charge is 0.497 e. The van der Waals surface area contributed by atoms with E-state index in [9.17, 15) is 5.11 Å². The fraction of sp³-hybridized carbons (Fsp3) is 0.400. The Labute approximate surface area is 153 Å². The summed E-state index contributed by atoms with van der Waals surface area (Å²) in [6, 6.07) is 13.6. The molecule has 0 spiro atoms. The van der Waals surface area contributed by atoms with Crippen LogP contribution in [0.15, 0.2) is 48.7 Å². The van der Waals surface area contributed by atoms with Gasteiger partial charge in [0.2, 0.25) is 0 Å². The molecule has 0 saturated carbocycles. The lowest BCUT2D eigenvalue weighted by molar-refractivity contribution is 0.0963. The topological polar surface area (TPSA) is 62.9 Å². The van der Waals surface area contributed by atoms with E-state index in [-0.39, 0.29) is 0 Å². The number of piperidine rings is 1. The molecule has 3 aromatic rings. The minimum absolute atomic E-state index is 0.414. The van der Waals surface area contributed by atoms with E-state index < -0.39 is 6.10 Å². The highest BCUT2D eigenvalue weighted by molar-refractivity contribution is 5.37. The molecule has 0 bridgehead atoms. The van der Waals surface area contributed by atoms with Crippen LogP contribution in [-0.4, -0.2) is 51.3 Å². The van der Waals surface area contributed by atoms with E-state index in [4.69, 9.17) is 4.74 Å². The number of β-amino-alcohol motifs (C(OH)–C–C–N with tert-alkyl or cyclic N) is 1. The van der Waals surface area contributed by atoms with E-state index in [1.54, 1.807) is 7.11 Å². The quantitative estimate of drug-likeness (QED) is 0.765. The zero-order valence-electron chi connectivity index (χ0n) is 15.0. The fourth-order valence-electron chi connectivity index (χ4n) is 3.71. The summed E-state index contributed by atoms with van der Waals surface area (Å²) in [4.78, 5) is 2.32. The maximum Gasteiger partial charge on any atom is 0.160 e. The fourth-order valence-corrected chi connectivity index (χ4v) is 3.71. The van der Waals surface area contributed by atoms with Gasteiger partial charge in [-0.1, -0.05) is 18.2 Å². The van der Waals surface area contributed by atoms with Gasteiger partial charge in [0, 0.05) is 18.7 Å². The maximum absolute atomic E-state index is 10.6. The Balaban J connectivity index is 1.37. The summed E-state index contributed by atoms with van der Waals surface area (Å²) in [6.07, 6.45) is 3.58. The number of hydrogen-bond acceptors (Lipinski definition) is 5. The van der Waals surface area contributed by atoms with Crippen LogP contribution in [0.5, 0.6) is 5.75 Å². The molecule has 1 atom stereocenters. The average Bonchev–Trinajstić information content (AvgIpc) is 3.13. The van der Waals surface area contributed by atoms with Gasteiger partial charge in [-0.15, -0.1) is 10.2 Å². The monoisotopic (exact) mass is 352 g/mol. The molecule has 3 heterocycles. The molecule has 6 nitrogen and oxygen atoms in total. The van der Waals surface area contributed by atoms with Crippen molar-refractivity contribution in [2.45, 2.75) is 24.9 Å². The van der Waals surface area contributed by atoms with Crippen molar-refractivity contribution < 1.29 is 9.84 Å². The van der Waals surface area contributed by atoms with Gasteiger partial charge in [-0.2, -0.15) is 0 Å². The molecule has 1 saturated heterocycles. The van der Waals surface area contributed by atoms with Gasteiger partial charge < -0.3 is 14.7 Å². The van der Waals surface area contributed by atoms with Crippen molar-refractivity contribution >= 4 is 5.65 Å². The predicted molar refractivity (Wildman–Crippen MR) is 99.4 cm³/mol. The highest BCUT2D eigenvalue weighted by Gasteiger charge is 2.25. The number of ether oxygens (including phenoxy) is 1. The van der Waals surface area contributed by atoms with Crippen LogP contribution in [0.25, 0.3) is 5.65 Å². The lowest BCUT2D eigenvalue weighted by Gasteiger charge is -2.32. The normalized spacial score (nSPS) is 17.5. The maximum atomic E-state index is 10.6. The van der Waals surface area contributed by atoms with Gasteiger partial charge in [-0.05, 0) is 55.8 Å². The second-order valence-electron chi connectivity index (χ2n) is 6.85. The molecular formula is C20H24N4O2. The van der Waals surface area contributed by atoms with E-state index in [2.05, 4.69) is 19.5 Å². The first-order chi connectivity index (χ1) is 12.7. The molecule has 2 aromatic heterocycles. The number of aromatic nitrogens is 3. The first kappa shape index (κ1) is 17.0. The highest BCUT2D eigenvalue weighted by Crippen LogP contribution is 2.28. The van der Waals surface area contributed by atoms with Crippen LogP contribution in [0.4, 0.5) is 0 Å². The summed E-state index contributed by atoms with van der Waals surface area (Å²) in [7, 11) is 1.64. The Bertz CT molecular complexity index is 871. The SMILES string of the molecule is COc1cccc(C(O)CN2CCC(c3nnc4ccccn34)CC2)c1. The van der Waals surface area contributed by atoms with Crippen LogP contribution < -0.4 is 4.74 Å². The molecule has 0 radical (unpaired) electrons. The van der Waals surface area contributed by atoms with Crippen molar-refractivity contribution in [3.8, 4) is 5.75 Å². The number of aliphatic hydroxyl groups excluding tert-OH is 1. The second kappa shape index (κ2) is 7.43. The molecule has 6 heteroatoms. The van der Waals surface area contributed by atoms with Gasteiger partial charge >= 0.3 is 0 Å². The van der Waals surface area contributed by atoms with Crippen molar-refractivity contribution in [1.82, 2.24) is 19.5 Å². The summed E-state index contributed by atoms with van der Waals surface area (Å²) in [6.45, 7) is 2.54. The molecule has 0 aliphatic carbocycles. The van der Waals surface area contributed by atoms with E-state index in [0.29, 0.717) is 12.5 Å². The standard InChI is InChI=1S/C20H24N4O2/c1-26-17-6-4-5-16(13-17)18(25)14-23-11-8-15(9-12-23)20-22-21-19-7-2-3-10-24(19)20/h2-7,10,13,15,18,25H,8-9,11-12,14H2,1H3.